The van der Waals surface area contributed by atoms with Crippen LogP contribution in [0.25, 0.3) is 0 Å². The van der Waals surface area contributed by atoms with Crippen LogP contribution in [0, 0.1) is 6.92 Å². The Labute approximate surface area is 137 Å². The number of halogens is 3. The number of anilines is 2. The van der Waals surface area contributed by atoms with E-state index in [4.69, 9.17) is 40.5 Å². The van der Waals surface area contributed by atoms with Gasteiger partial charge in [-0.3, -0.25) is 4.72 Å². The SMILES string of the molecule is Cc1ccc(Cl)c(NS(=O)(=O)c2ccc(N)cc2Cl)c1Cl. The number of nitrogens with two attached hydrogens (primary N) is 1. The van der Waals surface area contributed by atoms with E-state index < -0.39 is 10.0 Å². The third-order valence-electron chi connectivity index (χ3n) is 2.77. The lowest BCUT2D eigenvalue weighted by Crippen LogP contribution is -2.14. The molecular formula is C13H11Cl3N2O2S. The van der Waals surface area contributed by atoms with Crippen LogP contribution in [-0.2, 0) is 10.0 Å². The lowest BCUT2D eigenvalue weighted by Gasteiger charge is -2.13. The average Bonchev–Trinajstić information content (AvgIpc) is 2.39. The van der Waals surface area contributed by atoms with Crippen molar-refractivity contribution in [3.63, 3.8) is 0 Å². The van der Waals surface area contributed by atoms with Gasteiger partial charge >= 0.3 is 0 Å². The molecule has 3 N–H and O–H groups in total. The van der Waals surface area contributed by atoms with Gasteiger partial charge in [-0.25, -0.2) is 8.42 Å². The predicted octanol–water partition coefficient (Wildman–Crippen LogP) is 4.34. The minimum absolute atomic E-state index is 0.0161. The van der Waals surface area contributed by atoms with Crippen molar-refractivity contribution >= 4 is 56.2 Å². The smallest absolute Gasteiger partial charge is 0.263 e. The molecule has 0 fully saturated rings. The molecule has 21 heavy (non-hydrogen) atoms. The molecule has 2 aromatic carbocycles. The fourth-order valence-electron chi connectivity index (χ4n) is 1.67. The van der Waals surface area contributed by atoms with Crippen molar-refractivity contribution in [3.8, 4) is 0 Å². The van der Waals surface area contributed by atoms with E-state index in [1.165, 1.54) is 18.2 Å². The zero-order valence-electron chi connectivity index (χ0n) is 10.8. The molecular weight excluding hydrogens is 355 g/mol. The number of benzene rings is 2. The Morgan fingerprint density at radius 3 is 2.33 bits per heavy atom. The fraction of sp³-hybridized carbons (Fsp3) is 0.0769. The first-order valence-corrected chi connectivity index (χ1v) is 8.36. The highest BCUT2D eigenvalue weighted by atomic mass is 35.5. The maximum absolute atomic E-state index is 12.4. The van der Waals surface area contributed by atoms with E-state index in [1.807, 2.05) is 0 Å². The quantitative estimate of drug-likeness (QED) is 0.795. The molecule has 0 heterocycles. The molecule has 0 aliphatic carbocycles. The van der Waals surface area contributed by atoms with Gasteiger partial charge in [0.15, 0.2) is 0 Å². The molecule has 4 nitrogen and oxygen atoms in total. The number of aryl methyl sites for hydroxylation is 1. The van der Waals surface area contributed by atoms with Gasteiger partial charge in [-0.2, -0.15) is 0 Å². The molecule has 2 aromatic rings. The highest BCUT2D eigenvalue weighted by molar-refractivity contribution is 7.92. The second-order valence-electron chi connectivity index (χ2n) is 4.35. The topological polar surface area (TPSA) is 72.2 Å². The summed E-state index contributed by atoms with van der Waals surface area (Å²) < 4.78 is 27.1. The summed E-state index contributed by atoms with van der Waals surface area (Å²) in [5, 5.41) is 0.445. The minimum Gasteiger partial charge on any atom is -0.399 e. The first-order chi connectivity index (χ1) is 9.72. The Morgan fingerprint density at radius 1 is 1.05 bits per heavy atom. The molecule has 0 atom stereocenters. The second-order valence-corrected chi connectivity index (χ2v) is 7.19. The lowest BCUT2D eigenvalue weighted by molar-refractivity contribution is 0.601. The van der Waals surface area contributed by atoms with Crippen LogP contribution < -0.4 is 10.5 Å². The van der Waals surface area contributed by atoms with Crippen LogP contribution in [0.2, 0.25) is 15.1 Å². The number of nitrogens with one attached hydrogen (secondary N) is 1. The van der Waals surface area contributed by atoms with Crippen LogP contribution in [0.4, 0.5) is 11.4 Å². The normalized spacial score (nSPS) is 11.4. The van der Waals surface area contributed by atoms with E-state index in [9.17, 15) is 8.42 Å². The molecule has 0 amide bonds. The van der Waals surface area contributed by atoms with Gasteiger partial charge in [-0.15, -0.1) is 0 Å². The summed E-state index contributed by atoms with van der Waals surface area (Å²) in [4.78, 5) is -0.105. The second kappa shape index (κ2) is 5.93. The average molecular weight is 366 g/mol. The van der Waals surface area contributed by atoms with Crippen LogP contribution in [-0.4, -0.2) is 8.42 Å². The first-order valence-electron chi connectivity index (χ1n) is 5.75. The molecule has 112 valence electrons. The van der Waals surface area contributed by atoms with Gasteiger partial charge in [0, 0.05) is 5.69 Å². The van der Waals surface area contributed by atoms with Crippen molar-refractivity contribution in [2.45, 2.75) is 11.8 Å². The molecule has 0 aliphatic heterocycles. The van der Waals surface area contributed by atoms with Gasteiger partial charge in [0.1, 0.15) is 4.90 Å². The van der Waals surface area contributed by atoms with Gasteiger partial charge in [0.05, 0.1) is 20.8 Å². The fourth-order valence-corrected chi connectivity index (χ4v) is 3.90. The monoisotopic (exact) mass is 364 g/mol. The maximum atomic E-state index is 12.4. The highest BCUT2D eigenvalue weighted by Crippen LogP contribution is 2.35. The number of sulfonamides is 1. The Hall–Kier alpha value is -1.14. The van der Waals surface area contributed by atoms with E-state index in [-0.39, 0.29) is 25.7 Å². The zero-order valence-corrected chi connectivity index (χ0v) is 13.9. The third kappa shape index (κ3) is 3.37. The molecule has 8 heteroatoms. The van der Waals surface area contributed by atoms with E-state index in [1.54, 1.807) is 19.1 Å². The van der Waals surface area contributed by atoms with Crippen molar-refractivity contribution < 1.29 is 8.42 Å². The van der Waals surface area contributed by atoms with Gasteiger partial charge in [0.2, 0.25) is 0 Å². The van der Waals surface area contributed by atoms with E-state index in [0.29, 0.717) is 11.3 Å². The van der Waals surface area contributed by atoms with Gasteiger partial charge in [-0.1, -0.05) is 40.9 Å². The summed E-state index contributed by atoms with van der Waals surface area (Å²) in [7, 11) is -3.93. The Kier molecular flexibility index (Phi) is 4.58. The standard InChI is InChI=1S/C13H11Cl3N2O2S/c1-7-2-4-9(14)13(12(7)16)18-21(19,20)11-5-3-8(17)6-10(11)15/h2-6,18H,17H2,1H3. The van der Waals surface area contributed by atoms with Crippen LogP contribution in [0.3, 0.4) is 0 Å². The molecule has 0 bridgehead atoms. The number of hydrogen-bond acceptors (Lipinski definition) is 3. The number of nitrogen functional groups attached to an aromatic ring is 1. The summed E-state index contributed by atoms with van der Waals surface area (Å²) in [6, 6.07) is 7.37. The van der Waals surface area contributed by atoms with E-state index >= 15 is 0 Å². The largest absolute Gasteiger partial charge is 0.399 e. The number of rotatable bonds is 3. The predicted molar refractivity (Wildman–Crippen MR) is 87.9 cm³/mol. The van der Waals surface area contributed by atoms with Crippen LogP contribution >= 0.6 is 34.8 Å². The molecule has 0 saturated heterocycles. The summed E-state index contributed by atoms with van der Waals surface area (Å²) in [6.45, 7) is 1.74. The summed E-state index contributed by atoms with van der Waals surface area (Å²) >= 11 is 18.0. The van der Waals surface area contributed by atoms with Gasteiger partial charge in [-0.05, 0) is 36.8 Å². The summed E-state index contributed by atoms with van der Waals surface area (Å²) in [5.41, 5.74) is 6.73. The third-order valence-corrected chi connectivity index (χ3v) is 5.40. The van der Waals surface area contributed by atoms with Crippen molar-refractivity contribution in [1.82, 2.24) is 0 Å². The Morgan fingerprint density at radius 2 is 1.71 bits per heavy atom. The van der Waals surface area contributed by atoms with Crippen molar-refractivity contribution in [2.24, 2.45) is 0 Å². The Bertz CT molecular complexity index is 807. The van der Waals surface area contributed by atoms with Crippen LogP contribution in [0.15, 0.2) is 35.2 Å². The Balaban J connectivity index is 2.50. The van der Waals surface area contributed by atoms with Crippen LogP contribution in [0.5, 0.6) is 0 Å². The molecule has 0 aliphatic rings. The molecule has 2 rings (SSSR count). The summed E-state index contributed by atoms with van der Waals surface area (Å²) in [6.07, 6.45) is 0. The number of hydrogen-bond donors (Lipinski definition) is 2. The summed E-state index contributed by atoms with van der Waals surface area (Å²) in [5.74, 6) is 0. The van der Waals surface area contributed by atoms with Gasteiger partial charge in [0.25, 0.3) is 10.0 Å². The minimum atomic E-state index is -3.93. The lowest BCUT2D eigenvalue weighted by atomic mass is 10.2. The highest BCUT2D eigenvalue weighted by Gasteiger charge is 2.21. The molecule has 0 radical (unpaired) electrons. The van der Waals surface area contributed by atoms with E-state index in [0.717, 1.165) is 0 Å². The zero-order chi connectivity index (χ0) is 15.8. The first kappa shape index (κ1) is 16.2. The van der Waals surface area contributed by atoms with E-state index in [2.05, 4.69) is 4.72 Å². The maximum Gasteiger partial charge on any atom is 0.263 e. The molecule has 0 spiro atoms. The van der Waals surface area contributed by atoms with Crippen molar-refractivity contribution in [1.29, 1.82) is 0 Å². The van der Waals surface area contributed by atoms with Crippen LogP contribution in [0.1, 0.15) is 5.56 Å². The molecule has 0 aromatic heterocycles. The van der Waals surface area contributed by atoms with Gasteiger partial charge < -0.3 is 5.73 Å². The van der Waals surface area contributed by atoms with Crippen molar-refractivity contribution in [3.05, 3.63) is 51.0 Å². The molecule has 0 unspecified atom stereocenters. The van der Waals surface area contributed by atoms with Crippen molar-refractivity contribution in [2.75, 3.05) is 10.5 Å². The molecule has 0 saturated carbocycles.